The number of nitrogens with zero attached hydrogens (tertiary/aromatic N) is 4. The van der Waals surface area contributed by atoms with Gasteiger partial charge in [0.25, 0.3) is 0 Å². The van der Waals surface area contributed by atoms with Crippen molar-refractivity contribution >= 4 is 5.65 Å². The van der Waals surface area contributed by atoms with Crippen LogP contribution in [-0.4, -0.2) is 26.2 Å². The second kappa shape index (κ2) is 5.49. The summed E-state index contributed by atoms with van der Waals surface area (Å²) in [6.07, 6.45) is 4.79. The first kappa shape index (κ1) is 13.5. The van der Waals surface area contributed by atoms with E-state index in [9.17, 15) is 4.79 Å². The van der Waals surface area contributed by atoms with Crippen molar-refractivity contribution in [3.05, 3.63) is 64.5 Å². The van der Waals surface area contributed by atoms with Crippen molar-refractivity contribution in [2.75, 3.05) is 7.05 Å². The van der Waals surface area contributed by atoms with Crippen LogP contribution >= 0.6 is 0 Å². The molecular weight excluding hydrogens is 266 g/mol. The summed E-state index contributed by atoms with van der Waals surface area (Å²) in [6, 6.07) is 8.17. The van der Waals surface area contributed by atoms with Crippen LogP contribution in [0, 0.1) is 6.92 Å². The van der Waals surface area contributed by atoms with Gasteiger partial charge in [0.05, 0.1) is 18.8 Å². The van der Waals surface area contributed by atoms with Crippen molar-refractivity contribution < 1.29 is 0 Å². The quantitative estimate of drug-likeness (QED) is 0.780. The van der Waals surface area contributed by atoms with Crippen molar-refractivity contribution in [2.24, 2.45) is 0 Å². The third-order valence-corrected chi connectivity index (χ3v) is 3.66. The second-order valence-electron chi connectivity index (χ2n) is 4.97. The lowest BCUT2D eigenvalue weighted by molar-refractivity contribution is 0.457. The largest absolute Gasteiger partial charge is 0.350 e. The van der Waals surface area contributed by atoms with Crippen LogP contribution in [-0.2, 0) is 6.54 Å². The van der Waals surface area contributed by atoms with E-state index in [0.717, 1.165) is 0 Å². The molecule has 0 saturated heterocycles. The predicted molar refractivity (Wildman–Crippen MR) is 80.2 cm³/mol. The van der Waals surface area contributed by atoms with Crippen LogP contribution in [0.3, 0.4) is 0 Å². The van der Waals surface area contributed by atoms with Crippen LogP contribution in [0.1, 0.15) is 17.2 Å². The molecular formula is C15H17N5O. The van der Waals surface area contributed by atoms with Crippen molar-refractivity contribution in [2.45, 2.75) is 19.5 Å². The van der Waals surface area contributed by atoms with Crippen molar-refractivity contribution in [1.82, 2.24) is 24.5 Å². The maximum Gasteiger partial charge on any atom is 0.350 e. The number of aromatic nitrogens is 4. The molecule has 2 aromatic heterocycles. The van der Waals surface area contributed by atoms with Gasteiger partial charge in [0, 0.05) is 12.4 Å². The number of fused-ring (bicyclic) bond motifs is 1. The Morgan fingerprint density at radius 1 is 1.33 bits per heavy atom. The third kappa shape index (κ3) is 2.45. The van der Waals surface area contributed by atoms with Crippen LogP contribution in [0.2, 0.25) is 0 Å². The molecule has 6 nitrogen and oxygen atoms in total. The highest BCUT2D eigenvalue weighted by Crippen LogP contribution is 2.18. The molecule has 0 aliphatic rings. The number of aryl methyl sites for hydroxylation is 1. The summed E-state index contributed by atoms with van der Waals surface area (Å²) in [5.41, 5.74) is 2.76. The zero-order valence-electron chi connectivity index (χ0n) is 12.0. The fourth-order valence-corrected chi connectivity index (χ4v) is 2.49. The molecule has 0 radical (unpaired) electrons. The first-order chi connectivity index (χ1) is 10.2. The van der Waals surface area contributed by atoms with E-state index in [-0.39, 0.29) is 11.7 Å². The number of hydrogen-bond donors (Lipinski definition) is 1. The summed E-state index contributed by atoms with van der Waals surface area (Å²) in [4.78, 5) is 16.3. The molecule has 0 bridgehead atoms. The first-order valence-electron chi connectivity index (χ1n) is 6.82. The number of nitrogens with one attached hydrogen (secondary N) is 1. The van der Waals surface area contributed by atoms with Crippen LogP contribution in [0.4, 0.5) is 0 Å². The highest BCUT2D eigenvalue weighted by molar-refractivity contribution is 5.32. The first-order valence-corrected chi connectivity index (χ1v) is 6.82. The van der Waals surface area contributed by atoms with Gasteiger partial charge >= 0.3 is 5.69 Å². The van der Waals surface area contributed by atoms with Crippen molar-refractivity contribution in [3.8, 4) is 0 Å². The molecule has 0 spiro atoms. The summed E-state index contributed by atoms with van der Waals surface area (Å²) < 4.78 is 2.97. The maximum absolute atomic E-state index is 12.3. The number of likely N-dealkylation sites (N-methyl/N-ethyl adjacent to an activating group) is 1. The topological polar surface area (TPSA) is 64.2 Å². The minimum absolute atomic E-state index is 0.0294. The molecule has 3 aromatic rings. The average molecular weight is 283 g/mol. The molecule has 0 saturated carbocycles. The number of benzene rings is 1. The molecule has 108 valence electrons. The van der Waals surface area contributed by atoms with E-state index < -0.39 is 0 Å². The summed E-state index contributed by atoms with van der Waals surface area (Å²) >= 11 is 0. The number of rotatable bonds is 4. The molecule has 2 heterocycles. The van der Waals surface area contributed by atoms with Crippen molar-refractivity contribution in [1.29, 1.82) is 0 Å². The molecule has 0 aliphatic heterocycles. The SMILES string of the molecule is CNC(Cn1nc2cnccn2c1=O)c1ccccc1C. The van der Waals surface area contributed by atoms with Gasteiger partial charge in [0.2, 0.25) is 0 Å². The Morgan fingerprint density at radius 2 is 2.14 bits per heavy atom. The summed E-state index contributed by atoms with van der Waals surface area (Å²) in [5.74, 6) is 0. The Bertz CT molecular complexity index is 820. The molecule has 1 aromatic carbocycles. The van der Waals surface area contributed by atoms with Gasteiger partial charge in [-0.15, -0.1) is 5.10 Å². The van der Waals surface area contributed by atoms with E-state index in [2.05, 4.69) is 34.5 Å². The molecule has 6 heteroatoms. The highest BCUT2D eigenvalue weighted by Gasteiger charge is 2.15. The van der Waals surface area contributed by atoms with Gasteiger partial charge in [-0.05, 0) is 25.1 Å². The third-order valence-electron chi connectivity index (χ3n) is 3.66. The Morgan fingerprint density at radius 3 is 2.86 bits per heavy atom. The fourth-order valence-electron chi connectivity index (χ4n) is 2.49. The van der Waals surface area contributed by atoms with Gasteiger partial charge < -0.3 is 5.32 Å². The predicted octanol–water partition coefficient (Wildman–Crippen LogP) is 1.16. The lowest BCUT2D eigenvalue weighted by atomic mass is 10.0. The van der Waals surface area contributed by atoms with Crippen LogP contribution in [0.15, 0.2) is 47.7 Å². The van der Waals surface area contributed by atoms with Crippen LogP contribution < -0.4 is 11.0 Å². The van der Waals surface area contributed by atoms with Crippen LogP contribution in [0.25, 0.3) is 5.65 Å². The highest BCUT2D eigenvalue weighted by atomic mass is 16.2. The Balaban J connectivity index is 1.98. The zero-order chi connectivity index (χ0) is 14.8. The normalized spacial score (nSPS) is 12.7. The van der Waals surface area contributed by atoms with Gasteiger partial charge in [-0.3, -0.25) is 4.98 Å². The molecule has 0 aliphatic carbocycles. The lowest BCUT2D eigenvalue weighted by Gasteiger charge is -2.18. The van der Waals surface area contributed by atoms with E-state index in [1.165, 1.54) is 20.2 Å². The van der Waals surface area contributed by atoms with Crippen LogP contribution in [0.5, 0.6) is 0 Å². The maximum atomic E-state index is 12.3. The molecule has 1 unspecified atom stereocenters. The van der Waals surface area contributed by atoms with E-state index in [0.29, 0.717) is 12.2 Å². The summed E-state index contributed by atoms with van der Waals surface area (Å²) in [7, 11) is 1.89. The van der Waals surface area contributed by atoms with Gasteiger partial charge in [-0.25, -0.2) is 13.9 Å². The fraction of sp³-hybridized carbons (Fsp3) is 0.267. The van der Waals surface area contributed by atoms with Crippen molar-refractivity contribution in [3.63, 3.8) is 0 Å². The zero-order valence-corrected chi connectivity index (χ0v) is 12.0. The van der Waals surface area contributed by atoms with E-state index >= 15 is 0 Å². The van der Waals surface area contributed by atoms with E-state index in [1.807, 2.05) is 19.2 Å². The standard InChI is InChI=1S/C15H17N5O/c1-11-5-3-4-6-12(11)13(16-2)10-20-15(21)19-8-7-17-9-14(19)18-20/h3-9,13,16H,10H2,1-2H3. The average Bonchev–Trinajstić information content (AvgIpc) is 2.82. The molecule has 0 fully saturated rings. The van der Waals surface area contributed by atoms with Gasteiger partial charge in [0.1, 0.15) is 0 Å². The number of hydrogen-bond acceptors (Lipinski definition) is 4. The lowest BCUT2D eigenvalue weighted by Crippen LogP contribution is -2.29. The summed E-state index contributed by atoms with van der Waals surface area (Å²) in [6.45, 7) is 2.54. The molecule has 21 heavy (non-hydrogen) atoms. The van der Waals surface area contributed by atoms with Gasteiger partial charge in [-0.1, -0.05) is 24.3 Å². The minimum atomic E-state index is -0.152. The molecule has 1 atom stereocenters. The molecule has 3 rings (SSSR count). The van der Waals surface area contributed by atoms with E-state index in [4.69, 9.17) is 0 Å². The van der Waals surface area contributed by atoms with Gasteiger partial charge in [0.15, 0.2) is 5.65 Å². The Kier molecular flexibility index (Phi) is 3.53. The Labute approximate surface area is 122 Å². The monoisotopic (exact) mass is 283 g/mol. The van der Waals surface area contributed by atoms with E-state index in [1.54, 1.807) is 18.6 Å². The second-order valence-corrected chi connectivity index (χ2v) is 4.97. The smallest absolute Gasteiger partial charge is 0.311 e. The molecule has 0 amide bonds. The molecule has 1 N–H and O–H groups in total. The van der Waals surface area contributed by atoms with Gasteiger partial charge in [-0.2, -0.15) is 0 Å². The minimum Gasteiger partial charge on any atom is -0.311 e. The summed E-state index contributed by atoms with van der Waals surface area (Å²) in [5, 5.41) is 7.57. The Hall–Kier alpha value is -2.47.